The van der Waals surface area contributed by atoms with Gasteiger partial charge in [0.25, 0.3) is 0 Å². The van der Waals surface area contributed by atoms with E-state index in [9.17, 15) is 9.46 Å². The average Bonchev–Trinajstić information content (AvgIpc) is 2.73. The molecule has 0 amide bonds. The van der Waals surface area contributed by atoms with Gasteiger partial charge in [0.05, 0.1) is 34.4 Å². The highest BCUT2D eigenvalue weighted by Crippen LogP contribution is 2.43. The second-order valence-corrected chi connectivity index (χ2v) is 12.9. The number of quaternary nitrogens is 1. The molecule has 0 aliphatic heterocycles. The maximum absolute atomic E-state index is 12.1. The maximum atomic E-state index is 12.1. The lowest BCUT2D eigenvalue weighted by atomic mass is 10.1. The van der Waals surface area contributed by atoms with Crippen molar-refractivity contribution < 1.29 is 27.7 Å². The quantitative estimate of drug-likeness (QED) is 0.0814. The number of phosphoric acid groups is 1. The minimum Gasteiger partial charge on any atom is -0.384 e. The highest BCUT2D eigenvalue weighted by Gasteiger charge is 2.24. The molecule has 0 aromatic heterocycles. The van der Waals surface area contributed by atoms with Crippen molar-refractivity contribution in [2.24, 2.45) is 5.92 Å². The van der Waals surface area contributed by atoms with E-state index in [1.807, 2.05) is 32.9 Å². The Morgan fingerprint density at radius 1 is 0.818 bits per heavy atom. The molecule has 2 atom stereocenters. The molecular weight excluding hydrogens is 457 g/mol. The molecule has 2 unspecified atom stereocenters. The van der Waals surface area contributed by atoms with Gasteiger partial charge < -0.3 is 14.1 Å². The Morgan fingerprint density at radius 2 is 1.33 bits per heavy atom. The Kier molecular flexibility index (Phi) is 21.9. The van der Waals surface area contributed by atoms with Crippen LogP contribution in [-0.4, -0.2) is 75.5 Å². The molecule has 0 spiro atoms. The molecule has 0 radical (unpaired) electrons. The summed E-state index contributed by atoms with van der Waals surface area (Å²) in [4.78, 5) is 9.89. The summed E-state index contributed by atoms with van der Waals surface area (Å²) >= 11 is 1.88. The van der Waals surface area contributed by atoms with Gasteiger partial charge in [0, 0.05) is 18.8 Å². The zero-order valence-corrected chi connectivity index (χ0v) is 24.1. The Labute approximate surface area is 209 Å². The van der Waals surface area contributed by atoms with Crippen molar-refractivity contribution in [3.8, 4) is 0 Å². The molecule has 8 heteroatoms. The number of thioether (sulfide) groups is 1. The van der Waals surface area contributed by atoms with Crippen molar-refractivity contribution in [2.45, 2.75) is 90.4 Å². The summed E-state index contributed by atoms with van der Waals surface area (Å²) in [6.07, 6.45) is 17.8. The van der Waals surface area contributed by atoms with Gasteiger partial charge in [-0.05, 0) is 12.2 Å². The first-order chi connectivity index (χ1) is 15.7. The number of likely N-dealkylation sites (N-methyl/N-ethyl adjacent to an activating group) is 1. The molecule has 6 nitrogen and oxygen atoms in total. The highest BCUT2D eigenvalue weighted by molar-refractivity contribution is 7.99. The predicted octanol–water partition coefficient (Wildman–Crippen LogP) is 6.91. The lowest BCUT2D eigenvalue weighted by molar-refractivity contribution is -0.870. The number of ether oxygens (including phenoxy) is 1. The second-order valence-electron chi connectivity index (χ2n) is 10.3. The molecule has 0 aliphatic carbocycles. The number of methoxy groups -OCH3 is 1. The average molecular weight is 513 g/mol. The van der Waals surface area contributed by atoms with Crippen LogP contribution in [0.25, 0.3) is 0 Å². The molecule has 0 heterocycles. The molecule has 0 aromatic carbocycles. The molecule has 0 fully saturated rings. The van der Waals surface area contributed by atoms with Crippen LogP contribution in [0.15, 0.2) is 0 Å². The van der Waals surface area contributed by atoms with Crippen molar-refractivity contribution in [3.05, 3.63) is 0 Å². The fourth-order valence-corrected chi connectivity index (χ4v) is 5.41. The summed E-state index contributed by atoms with van der Waals surface area (Å²) in [5.74, 6) is 2.07. The van der Waals surface area contributed by atoms with Crippen molar-refractivity contribution >= 4 is 19.6 Å². The van der Waals surface area contributed by atoms with Crippen LogP contribution in [-0.2, 0) is 18.3 Å². The topological polar surface area (TPSA) is 65.0 Å². The van der Waals surface area contributed by atoms with Gasteiger partial charge in [-0.15, -0.1) is 0 Å². The molecule has 33 heavy (non-hydrogen) atoms. The Hall–Kier alpha value is 0.380. The van der Waals surface area contributed by atoms with E-state index < -0.39 is 7.82 Å². The number of hydrogen-bond acceptors (Lipinski definition) is 5. The van der Waals surface area contributed by atoms with Crippen LogP contribution in [0.3, 0.4) is 0 Å². The van der Waals surface area contributed by atoms with Crippen LogP contribution in [0.1, 0.15) is 90.4 Å². The third-order valence-corrected chi connectivity index (χ3v) is 7.91. The summed E-state index contributed by atoms with van der Waals surface area (Å²) in [5, 5.41) is 0. The van der Waals surface area contributed by atoms with E-state index in [1.54, 1.807) is 7.11 Å². The fourth-order valence-electron chi connectivity index (χ4n) is 3.52. The third kappa shape index (κ3) is 25.3. The normalized spacial score (nSPS) is 15.0. The Morgan fingerprint density at radius 3 is 1.82 bits per heavy atom. The monoisotopic (exact) mass is 512 g/mol. The van der Waals surface area contributed by atoms with Crippen LogP contribution >= 0.6 is 19.6 Å². The van der Waals surface area contributed by atoms with Gasteiger partial charge in [0.2, 0.25) is 0 Å². The van der Waals surface area contributed by atoms with Gasteiger partial charge in [-0.2, -0.15) is 11.8 Å². The summed E-state index contributed by atoms with van der Waals surface area (Å²) < 4.78 is 28.3. The van der Waals surface area contributed by atoms with Gasteiger partial charge in [-0.1, -0.05) is 84.0 Å². The van der Waals surface area contributed by atoms with Crippen molar-refractivity contribution in [1.29, 1.82) is 0 Å². The number of nitrogens with zero attached hydrogens (tertiary/aromatic N) is 1. The lowest BCUT2D eigenvalue weighted by Gasteiger charge is -2.24. The van der Waals surface area contributed by atoms with E-state index in [2.05, 4.69) is 6.92 Å². The summed E-state index contributed by atoms with van der Waals surface area (Å²) in [7, 11) is 3.68. The van der Waals surface area contributed by atoms with E-state index in [-0.39, 0.29) is 19.1 Å². The van der Waals surface area contributed by atoms with Crippen LogP contribution in [0, 0.1) is 5.92 Å². The van der Waals surface area contributed by atoms with Crippen molar-refractivity contribution in [1.82, 2.24) is 0 Å². The SMILES string of the molecule is CCCCCCCCCCCCCCCSCC(COC)COP(=O)(O)OCC[N+](C)(C)C. The molecule has 0 bridgehead atoms. The zero-order chi connectivity index (χ0) is 24.8. The summed E-state index contributed by atoms with van der Waals surface area (Å²) in [6.45, 7) is 3.81. The second kappa shape index (κ2) is 21.6. The first kappa shape index (κ1) is 33.4. The Bertz CT molecular complexity index is 476. The highest BCUT2D eigenvalue weighted by atomic mass is 32.2. The van der Waals surface area contributed by atoms with Gasteiger partial charge in [0.1, 0.15) is 13.2 Å². The van der Waals surface area contributed by atoms with Crippen LogP contribution in [0.5, 0.6) is 0 Å². The predicted molar refractivity (Wildman–Crippen MR) is 143 cm³/mol. The number of hydrogen-bond donors (Lipinski definition) is 1. The van der Waals surface area contributed by atoms with Gasteiger partial charge in [-0.25, -0.2) is 4.57 Å². The standard InChI is InChI=1S/C25H54NO5PS/c1-6-7-8-9-10-11-12-13-14-15-16-17-18-21-33-24-25(22-29-5)23-31-32(27,28)30-20-19-26(2,3)4/h25H,6-24H2,1-5H3/p+1. The molecule has 1 N–H and O–H groups in total. The summed E-state index contributed by atoms with van der Waals surface area (Å²) in [6, 6.07) is 0. The molecule has 0 aliphatic rings. The first-order valence-corrected chi connectivity index (χ1v) is 15.8. The van der Waals surface area contributed by atoms with Gasteiger partial charge in [0.15, 0.2) is 0 Å². The Balaban J connectivity index is 3.68. The fraction of sp³-hybridized carbons (Fsp3) is 1.00. The van der Waals surface area contributed by atoms with E-state index >= 15 is 0 Å². The molecular formula is C25H55NO5PS+. The number of phosphoric ester groups is 1. The summed E-state index contributed by atoms with van der Waals surface area (Å²) in [5.41, 5.74) is 0. The van der Waals surface area contributed by atoms with E-state index in [0.717, 1.165) is 11.5 Å². The van der Waals surface area contributed by atoms with E-state index in [0.29, 0.717) is 17.6 Å². The van der Waals surface area contributed by atoms with E-state index in [1.165, 1.54) is 83.5 Å². The maximum Gasteiger partial charge on any atom is 0.472 e. The molecule has 0 aromatic rings. The van der Waals surface area contributed by atoms with E-state index in [4.69, 9.17) is 13.8 Å². The molecule has 0 saturated carbocycles. The van der Waals surface area contributed by atoms with Crippen LogP contribution < -0.4 is 0 Å². The van der Waals surface area contributed by atoms with Crippen molar-refractivity contribution in [2.75, 3.05) is 66.1 Å². The molecule has 200 valence electrons. The zero-order valence-electron chi connectivity index (χ0n) is 22.4. The lowest BCUT2D eigenvalue weighted by Crippen LogP contribution is -2.37. The van der Waals surface area contributed by atoms with Crippen molar-refractivity contribution in [3.63, 3.8) is 0 Å². The molecule has 0 saturated heterocycles. The largest absolute Gasteiger partial charge is 0.472 e. The number of rotatable bonds is 25. The van der Waals surface area contributed by atoms with Gasteiger partial charge in [-0.3, -0.25) is 9.05 Å². The molecule has 0 rings (SSSR count). The minimum atomic E-state index is -4.01. The number of unbranched alkanes of at least 4 members (excludes halogenated alkanes) is 12. The smallest absolute Gasteiger partial charge is 0.384 e. The van der Waals surface area contributed by atoms with Crippen LogP contribution in [0.2, 0.25) is 0 Å². The third-order valence-electron chi connectivity index (χ3n) is 5.64. The first-order valence-electron chi connectivity index (χ1n) is 13.2. The minimum absolute atomic E-state index is 0.0874. The van der Waals surface area contributed by atoms with Gasteiger partial charge >= 0.3 is 7.82 Å². The van der Waals surface area contributed by atoms with Crippen LogP contribution in [0.4, 0.5) is 0 Å².